The molecule has 0 saturated carbocycles. The Morgan fingerprint density at radius 3 is 2.31 bits per heavy atom. The van der Waals surface area contributed by atoms with Crippen LogP contribution in [-0.2, 0) is 4.79 Å². The molecule has 0 bridgehead atoms. The monoisotopic (exact) mass is 385 g/mol. The summed E-state index contributed by atoms with van der Waals surface area (Å²) in [6, 6.07) is 14.8. The van der Waals surface area contributed by atoms with Crippen molar-refractivity contribution >= 4 is 41.1 Å². The number of amides is 1. The standard InChI is InChI=1S/C20H19NO3S2/c22-18-2-1-11-21(18)16-7-3-14(4-8-16)19(23)24-17-9-5-15(6-10-17)20-25-12-13-26-20/h3-10,20H,1-2,11-13H2. The van der Waals surface area contributed by atoms with Gasteiger partial charge in [-0.25, -0.2) is 4.79 Å². The first-order chi connectivity index (χ1) is 12.7. The Labute approximate surface area is 161 Å². The Balaban J connectivity index is 1.40. The summed E-state index contributed by atoms with van der Waals surface area (Å²) in [5.74, 6) is 2.67. The third kappa shape index (κ3) is 3.76. The SMILES string of the molecule is O=C(Oc1ccc(C2SCCS2)cc1)c1ccc(N2CCCC2=O)cc1. The number of benzene rings is 2. The van der Waals surface area contributed by atoms with Crippen molar-refractivity contribution in [3.63, 3.8) is 0 Å². The topological polar surface area (TPSA) is 46.6 Å². The molecule has 2 saturated heterocycles. The number of esters is 1. The van der Waals surface area contributed by atoms with Crippen molar-refractivity contribution in [2.75, 3.05) is 23.0 Å². The predicted molar refractivity (Wildman–Crippen MR) is 107 cm³/mol. The van der Waals surface area contributed by atoms with Crippen LogP contribution in [-0.4, -0.2) is 29.9 Å². The van der Waals surface area contributed by atoms with Crippen molar-refractivity contribution in [1.29, 1.82) is 0 Å². The molecule has 2 aromatic rings. The number of carbonyl (C=O) groups excluding carboxylic acids is 2. The van der Waals surface area contributed by atoms with E-state index in [4.69, 9.17) is 4.74 Å². The van der Waals surface area contributed by atoms with Gasteiger partial charge in [-0.05, 0) is 48.4 Å². The molecule has 134 valence electrons. The van der Waals surface area contributed by atoms with Crippen LogP contribution in [0.5, 0.6) is 5.75 Å². The lowest BCUT2D eigenvalue weighted by Gasteiger charge is -2.15. The van der Waals surface area contributed by atoms with Crippen LogP contribution >= 0.6 is 23.5 Å². The summed E-state index contributed by atoms with van der Waals surface area (Å²) in [5.41, 5.74) is 2.57. The second-order valence-corrected chi connectivity index (χ2v) is 8.95. The highest BCUT2D eigenvalue weighted by atomic mass is 32.2. The lowest BCUT2D eigenvalue weighted by Crippen LogP contribution is -2.23. The molecule has 2 fully saturated rings. The van der Waals surface area contributed by atoms with Gasteiger partial charge in [0.1, 0.15) is 5.75 Å². The molecule has 0 radical (unpaired) electrons. The third-order valence-corrected chi connectivity index (χ3v) is 7.58. The van der Waals surface area contributed by atoms with Crippen LogP contribution in [0.1, 0.15) is 33.3 Å². The zero-order valence-corrected chi connectivity index (χ0v) is 15.9. The summed E-state index contributed by atoms with van der Waals surface area (Å²) in [7, 11) is 0. The van der Waals surface area contributed by atoms with Gasteiger partial charge in [0.2, 0.25) is 5.91 Å². The van der Waals surface area contributed by atoms with E-state index in [0.29, 0.717) is 22.3 Å². The molecule has 2 aliphatic heterocycles. The number of carbonyl (C=O) groups is 2. The molecule has 0 spiro atoms. The summed E-state index contributed by atoms with van der Waals surface area (Å²) in [6.07, 6.45) is 1.48. The highest BCUT2D eigenvalue weighted by Gasteiger charge is 2.22. The van der Waals surface area contributed by atoms with E-state index in [1.807, 2.05) is 47.8 Å². The normalized spacial score (nSPS) is 17.7. The fourth-order valence-corrected chi connectivity index (χ4v) is 5.97. The molecule has 2 aliphatic rings. The maximum atomic E-state index is 12.3. The molecule has 2 aromatic carbocycles. The number of thioether (sulfide) groups is 2. The molecule has 6 heteroatoms. The molecule has 2 heterocycles. The minimum atomic E-state index is -0.387. The van der Waals surface area contributed by atoms with E-state index in [2.05, 4.69) is 0 Å². The van der Waals surface area contributed by atoms with E-state index in [9.17, 15) is 9.59 Å². The second-order valence-electron chi connectivity index (χ2n) is 6.23. The average molecular weight is 386 g/mol. The average Bonchev–Trinajstić information content (AvgIpc) is 3.34. The quantitative estimate of drug-likeness (QED) is 0.572. The number of hydrogen-bond acceptors (Lipinski definition) is 5. The van der Waals surface area contributed by atoms with Gasteiger partial charge in [-0.15, -0.1) is 23.5 Å². The number of anilines is 1. The van der Waals surface area contributed by atoms with Crippen molar-refractivity contribution < 1.29 is 14.3 Å². The molecule has 4 rings (SSSR count). The number of rotatable bonds is 4. The van der Waals surface area contributed by atoms with E-state index in [1.54, 1.807) is 29.2 Å². The maximum absolute atomic E-state index is 12.3. The van der Waals surface area contributed by atoms with Gasteiger partial charge >= 0.3 is 5.97 Å². The zero-order valence-electron chi connectivity index (χ0n) is 14.2. The minimum Gasteiger partial charge on any atom is -0.423 e. The summed E-state index contributed by atoms with van der Waals surface area (Å²) >= 11 is 3.90. The summed E-state index contributed by atoms with van der Waals surface area (Å²) in [4.78, 5) is 25.9. The highest BCUT2D eigenvalue weighted by molar-refractivity contribution is 8.19. The van der Waals surface area contributed by atoms with E-state index < -0.39 is 0 Å². The lowest BCUT2D eigenvalue weighted by molar-refractivity contribution is -0.117. The van der Waals surface area contributed by atoms with E-state index >= 15 is 0 Å². The van der Waals surface area contributed by atoms with Crippen LogP contribution in [0.2, 0.25) is 0 Å². The van der Waals surface area contributed by atoms with Gasteiger partial charge in [-0.3, -0.25) is 4.79 Å². The highest BCUT2D eigenvalue weighted by Crippen LogP contribution is 2.45. The van der Waals surface area contributed by atoms with Crippen molar-refractivity contribution in [3.8, 4) is 5.75 Å². The Bertz CT molecular complexity index is 799. The van der Waals surface area contributed by atoms with Crippen LogP contribution in [0.4, 0.5) is 5.69 Å². The van der Waals surface area contributed by atoms with Crippen LogP contribution in [0, 0.1) is 0 Å². The van der Waals surface area contributed by atoms with Crippen molar-refractivity contribution in [1.82, 2.24) is 0 Å². The zero-order chi connectivity index (χ0) is 17.9. The summed E-state index contributed by atoms with van der Waals surface area (Å²) in [6.45, 7) is 0.743. The Morgan fingerprint density at radius 1 is 1.00 bits per heavy atom. The first-order valence-electron chi connectivity index (χ1n) is 8.66. The third-order valence-electron chi connectivity index (χ3n) is 4.47. The van der Waals surface area contributed by atoms with Gasteiger partial charge in [-0.2, -0.15) is 0 Å². The predicted octanol–water partition coefficient (Wildman–Crippen LogP) is 4.51. The molecule has 0 unspecified atom stereocenters. The molecule has 0 aromatic heterocycles. The van der Waals surface area contributed by atoms with E-state index in [1.165, 1.54) is 17.1 Å². The summed E-state index contributed by atoms with van der Waals surface area (Å²) < 4.78 is 5.96. The first-order valence-corrected chi connectivity index (χ1v) is 10.8. The van der Waals surface area contributed by atoms with Crippen molar-refractivity contribution in [3.05, 3.63) is 59.7 Å². The van der Waals surface area contributed by atoms with Crippen molar-refractivity contribution in [2.24, 2.45) is 0 Å². The van der Waals surface area contributed by atoms with Crippen molar-refractivity contribution in [2.45, 2.75) is 17.4 Å². The van der Waals surface area contributed by atoms with Gasteiger partial charge < -0.3 is 9.64 Å². The molecular formula is C20H19NO3S2. The number of hydrogen-bond donors (Lipinski definition) is 0. The fraction of sp³-hybridized carbons (Fsp3) is 0.300. The molecule has 1 amide bonds. The number of nitrogens with zero attached hydrogens (tertiary/aromatic N) is 1. The molecular weight excluding hydrogens is 366 g/mol. The second kappa shape index (κ2) is 7.76. The van der Waals surface area contributed by atoms with Crippen LogP contribution in [0.3, 0.4) is 0 Å². The van der Waals surface area contributed by atoms with Crippen LogP contribution < -0.4 is 9.64 Å². The van der Waals surface area contributed by atoms with E-state index in [0.717, 1.165) is 18.7 Å². The van der Waals surface area contributed by atoms with Gasteiger partial charge in [0.05, 0.1) is 10.1 Å². The Morgan fingerprint density at radius 2 is 1.69 bits per heavy atom. The smallest absolute Gasteiger partial charge is 0.343 e. The van der Waals surface area contributed by atoms with E-state index in [-0.39, 0.29) is 11.9 Å². The first kappa shape index (κ1) is 17.5. The minimum absolute atomic E-state index is 0.138. The molecule has 0 atom stereocenters. The van der Waals surface area contributed by atoms with Crippen LogP contribution in [0.15, 0.2) is 48.5 Å². The number of ether oxygens (including phenoxy) is 1. The molecule has 0 aliphatic carbocycles. The lowest BCUT2D eigenvalue weighted by atomic mass is 10.2. The van der Waals surface area contributed by atoms with Gasteiger partial charge in [0.15, 0.2) is 0 Å². The molecule has 0 N–H and O–H groups in total. The summed E-state index contributed by atoms with van der Waals surface area (Å²) in [5, 5.41) is 0. The van der Waals surface area contributed by atoms with Gasteiger partial charge in [0.25, 0.3) is 0 Å². The van der Waals surface area contributed by atoms with Gasteiger partial charge in [0, 0.05) is 30.2 Å². The molecule has 4 nitrogen and oxygen atoms in total. The fourth-order valence-electron chi connectivity index (χ4n) is 3.11. The Kier molecular flexibility index (Phi) is 5.22. The Hall–Kier alpha value is -1.92. The van der Waals surface area contributed by atoms with Crippen LogP contribution in [0.25, 0.3) is 0 Å². The largest absolute Gasteiger partial charge is 0.423 e. The van der Waals surface area contributed by atoms with Gasteiger partial charge in [-0.1, -0.05) is 12.1 Å². The maximum Gasteiger partial charge on any atom is 0.343 e. The molecule has 26 heavy (non-hydrogen) atoms.